The average Bonchev–Trinajstić information content (AvgIpc) is 3.20. The topological polar surface area (TPSA) is 98.2 Å². The number of carbonyl (C=O) groups is 1. The minimum atomic E-state index is -1.66. The summed E-state index contributed by atoms with van der Waals surface area (Å²) in [6, 6.07) is 7.76. The fourth-order valence-electron chi connectivity index (χ4n) is 4.13. The fourth-order valence-corrected chi connectivity index (χ4v) is 4.88. The van der Waals surface area contributed by atoms with Crippen LogP contribution in [0.5, 0.6) is 11.5 Å². The highest BCUT2D eigenvalue weighted by molar-refractivity contribution is 7.80. The molecule has 2 unspecified atom stereocenters. The number of nitrogens with one attached hydrogen (secondary N) is 2. The van der Waals surface area contributed by atoms with E-state index in [9.17, 15) is 9.00 Å². The van der Waals surface area contributed by atoms with Crippen molar-refractivity contribution in [1.82, 2.24) is 5.48 Å². The minimum Gasteiger partial charge on any atom is -0.480 e. The molecule has 0 saturated heterocycles. The molecule has 2 atom stereocenters. The molecule has 0 amide bonds. The summed E-state index contributed by atoms with van der Waals surface area (Å²) in [5, 5.41) is 3.31. The number of nitrogens with zero attached hydrogens (tertiary/aromatic N) is 1. The largest absolute Gasteiger partial charge is 0.480 e. The third-order valence-corrected chi connectivity index (χ3v) is 7.34. The standard InChI is InChI=1S/C24H27N3O5S2/c1-13-14(2)22-19(15(3)21(13)30-16(4)28)10-11-24(5,31-22)23(33)25-18-8-6-17(7-9-18)12-20-26-32-34(29)27-20/h6-9H,10-12H2,1-5H3,(H,25,33)(H,26,27). The number of ether oxygens (including phenoxy) is 2. The molecule has 8 nitrogen and oxygen atoms in total. The van der Waals surface area contributed by atoms with Gasteiger partial charge in [-0.2, -0.15) is 4.28 Å². The normalized spacial score (nSPS) is 21.1. The molecule has 180 valence electrons. The van der Waals surface area contributed by atoms with Crippen molar-refractivity contribution in [2.45, 2.75) is 59.5 Å². The third kappa shape index (κ3) is 4.84. The van der Waals surface area contributed by atoms with Crippen molar-refractivity contribution < 1.29 is 22.8 Å². The van der Waals surface area contributed by atoms with E-state index in [1.165, 1.54) is 6.92 Å². The minimum absolute atomic E-state index is 0.334. The molecule has 0 radical (unpaired) electrons. The Hall–Kier alpha value is -2.82. The van der Waals surface area contributed by atoms with Crippen molar-refractivity contribution >= 4 is 46.0 Å². The van der Waals surface area contributed by atoms with Crippen molar-refractivity contribution in [3.05, 3.63) is 52.1 Å². The number of esters is 1. The van der Waals surface area contributed by atoms with Gasteiger partial charge in [0.25, 0.3) is 0 Å². The van der Waals surface area contributed by atoms with Crippen LogP contribution < -0.4 is 20.3 Å². The van der Waals surface area contributed by atoms with Crippen LogP contribution in [0.1, 0.15) is 48.1 Å². The lowest BCUT2D eigenvalue weighted by atomic mass is 9.87. The predicted octanol–water partition coefficient (Wildman–Crippen LogP) is 4.11. The summed E-state index contributed by atoms with van der Waals surface area (Å²) in [6.45, 7) is 9.28. The molecular formula is C24H27N3O5S2. The Bertz CT molecular complexity index is 1230. The summed E-state index contributed by atoms with van der Waals surface area (Å²) >= 11 is 4.11. The number of hydrogen-bond donors (Lipinski definition) is 2. The van der Waals surface area contributed by atoms with Gasteiger partial charge in [0.2, 0.25) is 0 Å². The van der Waals surface area contributed by atoms with Crippen LogP contribution in [0.25, 0.3) is 0 Å². The van der Waals surface area contributed by atoms with Crippen molar-refractivity contribution in [3.8, 4) is 11.5 Å². The molecule has 0 fully saturated rings. The summed E-state index contributed by atoms with van der Waals surface area (Å²) in [5.41, 5.74) is 7.53. The molecule has 4 rings (SSSR count). The number of carbonyl (C=O) groups excluding carboxylic acids is 1. The van der Waals surface area contributed by atoms with E-state index < -0.39 is 16.9 Å². The van der Waals surface area contributed by atoms with E-state index in [0.29, 0.717) is 29.4 Å². The molecule has 2 aliphatic heterocycles. The van der Waals surface area contributed by atoms with Gasteiger partial charge < -0.3 is 14.8 Å². The zero-order chi connectivity index (χ0) is 24.6. The highest BCUT2D eigenvalue weighted by Gasteiger charge is 2.38. The van der Waals surface area contributed by atoms with Gasteiger partial charge in [0.05, 0.1) is 0 Å². The highest BCUT2D eigenvalue weighted by atomic mass is 32.2. The summed E-state index contributed by atoms with van der Waals surface area (Å²) in [5.74, 6) is 1.62. The second kappa shape index (κ2) is 9.44. The lowest BCUT2D eigenvalue weighted by Gasteiger charge is -2.38. The molecule has 2 aromatic carbocycles. The van der Waals surface area contributed by atoms with Crippen LogP contribution in [0.4, 0.5) is 5.69 Å². The number of anilines is 1. The Morgan fingerprint density at radius 2 is 1.94 bits per heavy atom. The van der Waals surface area contributed by atoms with Crippen molar-refractivity contribution in [1.29, 1.82) is 0 Å². The van der Waals surface area contributed by atoms with Gasteiger partial charge in [0.15, 0.2) is 5.60 Å². The van der Waals surface area contributed by atoms with Crippen LogP contribution in [0.2, 0.25) is 0 Å². The second-order valence-electron chi connectivity index (χ2n) is 8.71. The number of hydrogen-bond acceptors (Lipinski definition) is 7. The fraction of sp³-hybridized carbons (Fsp3) is 0.375. The van der Waals surface area contributed by atoms with Crippen LogP contribution in [0.15, 0.2) is 28.7 Å². The molecule has 2 N–H and O–H groups in total. The van der Waals surface area contributed by atoms with Gasteiger partial charge in [0.1, 0.15) is 22.3 Å². The van der Waals surface area contributed by atoms with Gasteiger partial charge in [-0.25, -0.2) is 9.69 Å². The van der Waals surface area contributed by atoms with Gasteiger partial charge >= 0.3 is 17.2 Å². The van der Waals surface area contributed by atoms with Gasteiger partial charge in [0, 0.05) is 24.6 Å². The van der Waals surface area contributed by atoms with E-state index in [1.807, 2.05) is 52.0 Å². The van der Waals surface area contributed by atoms with Crippen molar-refractivity contribution in [2.24, 2.45) is 4.40 Å². The molecular weight excluding hydrogens is 474 g/mol. The van der Waals surface area contributed by atoms with Gasteiger partial charge in [-0.3, -0.25) is 4.79 Å². The van der Waals surface area contributed by atoms with E-state index in [2.05, 4.69) is 15.2 Å². The third-order valence-electron chi connectivity index (χ3n) is 6.22. The molecule has 2 heterocycles. The maximum absolute atomic E-state index is 11.6. The lowest BCUT2D eigenvalue weighted by Crippen LogP contribution is -2.47. The summed E-state index contributed by atoms with van der Waals surface area (Å²) in [7, 11) is 0. The SMILES string of the molecule is CC(=O)Oc1c(C)c(C)c2c(c1C)CCC(C)(C(=S)Nc1ccc(CC3=NS(=O)ON3)cc1)O2. The number of hydroxylamine groups is 1. The molecule has 0 spiro atoms. The number of amidine groups is 1. The van der Waals surface area contributed by atoms with Crippen LogP contribution >= 0.6 is 12.2 Å². The van der Waals surface area contributed by atoms with Crippen LogP contribution in [0, 0.1) is 20.8 Å². The molecule has 34 heavy (non-hydrogen) atoms. The molecule has 0 aliphatic carbocycles. The van der Waals surface area contributed by atoms with E-state index in [-0.39, 0.29) is 5.97 Å². The van der Waals surface area contributed by atoms with Crippen molar-refractivity contribution in [2.75, 3.05) is 5.32 Å². The second-order valence-corrected chi connectivity index (χ2v) is 9.90. The van der Waals surface area contributed by atoms with Crippen molar-refractivity contribution in [3.63, 3.8) is 0 Å². The first-order valence-electron chi connectivity index (χ1n) is 10.9. The van der Waals surface area contributed by atoms with Gasteiger partial charge in [-0.05, 0) is 74.9 Å². The monoisotopic (exact) mass is 501 g/mol. The Morgan fingerprint density at radius 1 is 1.24 bits per heavy atom. The Labute approximate surface area is 206 Å². The summed E-state index contributed by atoms with van der Waals surface area (Å²) in [4.78, 5) is 12.2. The zero-order valence-corrected chi connectivity index (χ0v) is 21.4. The van der Waals surface area contributed by atoms with E-state index in [4.69, 9.17) is 26.0 Å². The highest BCUT2D eigenvalue weighted by Crippen LogP contribution is 2.44. The van der Waals surface area contributed by atoms with E-state index in [0.717, 1.165) is 45.7 Å². The van der Waals surface area contributed by atoms with Crippen LogP contribution in [-0.2, 0) is 33.2 Å². The van der Waals surface area contributed by atoms with Gasteiger partial charge in [-0.15, -0.1) is 4.40 Å². The Morgan fingerprint density at radius 3 is 2.56 bits per heavy atom. The maximum atomic E-state index is 11.6. The van der Waals surface area contributed by atoms with E-state index >= 15 is 0 Å². The van der Waals surface area contributed by atoms with Crippen LogP contribution in [-0.4, -0.2) is 26.6 Å². The van der Waals surface area contributed by atoms with Crippen LogP contribution in [0.3, 0.4) is 0 Å². The molecule has 0 bridgehead atoms. The average molecular weight is 502 g/mol. The predicted molar refractivity (Wildman–Crippen MR) is 135 cm³/mol. The molecule has 0 saturated carbocycles. The van der Waals surface area contributed by atoms with E-state index in [1.54, 1.807) is 0 Å². The first-order chi connectivity index (χ1) is 16.1. The molecule has 2 aliphatic rings. The maximum Gasteiger partial charge on any atom is 0.309 e. The smallest absolute Gasteiger partial charge is 0.309 e. The zero-order valence-electron chi connectivity index (χ0n) is 19.7. The Kier molecular flexibility index (Phi) is 6.75. The first kappa shape index (κ1) is 24.3. The molecule has 0 aromatic heterocycles. The molecule has 10 heteroatoms. The summed E-state index contributed by atoms with van der Waals surface area (Å²) < 4.78 is 31.8. The number of benzene rings is 2. The summed E-state index contributed by atoms with van der Waals surface area (Å²) in [6.07, 6.45) is 1.93. The quantitative estimate of drug-likeness (QED) is 0.359. The first-order valence-corrected chi connectivity index (χ1v) is 12.3. The molecule has 2 aromatic rings. The lowest BCUT2D eigenvalue weighted by molar-refractivity contribution is -0.132. The number of rotatable bonds is 5. The number of thiocarbonyl (C=S) groups is 1. The van der Waals surface area contributed by atoms with Gasteiger partial charge in [-0.1, -0.05) is 24.4 Å². The number of fused-ring (bicyclic) bond motifs is 1. The Balaban J connectivity index is 1.49.